The lowest BCUT2D eigenvalue weighted by Crippen LogP contribution is -2.43. The fourth-order valence-electron chi connectivity index (χ4n) is 3.72. The van der Waals surface area contributed by atoms with Crippen LogP contribution in [0.3, 0.4) is 0 Å². The molecule has 1 fully saturated rings. The van der Waals surface area contributed by atoms with Gasteiger partial charge in [0.15, 0.2) is 0 Å². The fraction of sp³-hybridized carbons (Fsp3) is 0.300. The van der Waals surface area contributed by atoms with Crippen LogP contribution < -0.4 is 11.2 Å². The van der Waals surface area contributed by atoms with Crippen LogP contribution in [-0.2, 0) is 11.3 Å². The highest BCUT2D eigenvalue weighted by Gasteiger charge is 2.28. The molecule has 0 unspecified atom stereocenters. The van der Waals surface area contributed by atoms with Gasteiger partial charge in [-0.2, -0.15) is 5.10 Å². The van der Waals surface area contributed by atoms with Crippen molar-refractivity contribution in [2.45, 2.75) is 25.3 Å². The van der Waals surface area contributed by atoms with Gasteiger partial charge in [0, 0.05) is 42.5 Å². The van der Waals surface area contributed by atoms with Gasteiger partial charge in [0.25, 0.3) is 5.56 Å². The molecule has 29 heavy (non-hydrogen) atoms. The molecular formula is C20H20FN5O3. The first-order valence-electron chi connectivity index (χ1n) is 9.38. The number of benzene rings is 1. The number of aromatic nitrogens is 4. The van der Waals surface area contributed by atoms with Gasteiger partial charge in [-0.25, -0.2) is 9.18 Å². The maximum atomic E-state index is 13.2. The van der Waals surface area contributed by atoms with E-state index >= 15 is 0 Å². The lowest BCUT2D eigenvalue weighted by atomic mass is 9.90. The largest absolute Gasteiger partial charge is 0.340 e. The van der Waals surface area contributed by atoms with Crippen molar-refractivity contribution in [3.05, 3.63) is 75.1 Å². The lowest BCUT2D eigenvalue weighted by molar-refractivity contribution is -0.133. The quantitative estimate of drug-likeness (QED) is 0.696. The van der Waals surface area contributed by atoms with Crippen LogP contribution in [-0.4, -0.2) is 43.6 Å². The Labute approximate surface area is 165 Å². The van der Waals surface area contributed by atoms with Gasteiger partial charge in [-0.1, -0.05) is 12.1 Å². The van der Waals surface area contributed by atoms with E-state index < -0.39 is 11.2 Å². The van der Waals surface area contributed by atoms with E-state index in [4.69, 9.17) is 0 Å². The second-order valence-electron chi connectivity index (χ2n) is 7.12. The third-order valence-corrected chi connectivity index (χ3v) is 5.21. The summed E-state index contributed by atoms with van der Waals surface area (Å²) in [5.74, 6) is -0.431. The smallest absolute Gasteiger partial charge is 0.328 e. The number of hydrogen-bond donors (Lipinski definition) is 2. The van der Waals surface area contributed by atoms with Gasteiger partial charge in [0.2, 0.25) is 5.91 Å². The first-order valence-corrected chi connectivity index (χ1v) is 9.38. The molecule has 2 aromatic heterocycles. The highest BCUT2D eigenvalue weighted by molar-refractivity contribution is 5.76. The van der Waals surface area contributed by atoms with Crippen LogP contribution in [0.4, 0.5) is 4.39 Å². The van der Waals surface area contributed by atoms with Crippen LogP contribution in [0.5, 0.6) is 0 Å². The standard InChI is InChI=1S/C20H20FN5O3/c21-15-5-3-13(4-6-15)16-10-22-24-19(16)14-2-1-8-25(11-14)18(28)12-26-9-7-17(27)23-20(26)29/h3-7,9-10,14H,1-2,8,11-12H2,(H,22,24)(H,23,27,29)/t14-/m0/s1. The molecule has 0 spiro atoms. The summed E-state index contributed by atoms with van der Waals surface area (Å²) in [5, 5.41) is 7.19. The summed E-state index contributed by atoms with van der Waals surface area (Å²) in [7, 11) is 0. The first kappa shape index (κ1) is 18.9. The van der Waals surface area contributed by atoms with Crippen molar-refractivity contribution in [2.24, 2.45) is 0 Å². The number of aromatic amines is 2. The molecule has 4 rings (SSSR count). The van der Waals surface area contributed by atoms with Crippen LogP contribution in [0.2, 0.25) is 0 Å². The third kappa shape index (κ3) is 4.03. The number of amides is 1. The molecule has 3 aromatic rings. The number of H-pyrrole nitrogens is 2. The van der Waals surface area contributed by atoms with Gasteiger partial charge in [-0.3, -0.25) is 24.2 Å². The Bertz CT molecular complexity index is 1130. The van der Waals surface area contributed by atoms with E-state index in [9.17, 15) is 18.8 Å². The maximum Gasteiger partial charge on any atom is 0.328 e. The zero-order valence-corrected chi connectivity index (χ0v) is 15.6. The number of nitrogens with one attached hydrogen (secondary N) is 2. The molecule has 1 aliphatic rings. The Hall–Kier alpha value is -3.49. The predicted octanol–water partition coefficient (Wildman–Crippen LogP) is 1.47. The monoisotopic (exact) mass is 397 g/mol. The second-order valence-corrected chi connectivity index (χ2v) is 7.12. The summed E-state index contributed by atoms with van der Waals surface area (Å²) in [6.07, 6.45) is 4.74. The topological polar surface area (TPSA) is 104 Å². The van der Waals surface area contributed by atoms with Gasteiger partial charge in [0.1, 0.15) is 12.4 Å². The highest BCUT2D eigenvalue weighted by Crippen LogP contribution is 2.33. The Balaban J connectivity index is 1.51. The van der Waals surface area contributed by atoms with Crippen LogP contribution in [0.25, 0.3) is 11.1 Å². The Morgan fingerprint density at radius 1 is 1.21 bits per heavy atom. The molecule has 0 bridgehead atoms. The second kappa shape index (κ2) is 7.86. The number of carbonyl (C=O) groups excluding carboxylic acids is 1. The molecule has 0 aliphatic carbocycles. The van der Waals surface area contributed by atoms with Crippen LogP contribution in [0.15, 0.2) is 52.3 Å². The number of likely N-dealkylation sites (tertiary alicyclic amines) is 1. The normalized spacial score (nSPS) is 16.7. The van der Waals surface area contributed by atoms with Crippen molar-refractivity contribution in [1.82, 2.24) is 24.6 Å². The van der Waals surface area contributed by atoms with Crippen molar-refractivity contribution in [1.29, 1.82) is 0 Å². The average molecular weight is 397 g/mol. The lowest BCUT2D eigenvalue weighted by Gasteiger charge is -2.33. The zero-order valence-electron chi connectivity index (χ0n) is 15.6. The van der Waals surface area contributed by atoms with Crippen molar-refractivity contribution >= 4 is 5.91 Å². The van der Waals surface area contributed by atoms with Crippen LogP contribution in [0, 0.1) is 5.82 Å². The summed E-state index contributed by atoms with van der Waals surface area (Å²) in [6.45, 7) is 0.969. The minimum absolute atomic E-state index is 0.0579. The molecular weight excluding hydrogens is 377 g/mol. The molecule has 1 amide bonds. The molecule has 9 heteroatoms. The molecule has 3 heterocycles. The summed E-state index contributed by atoms with van der Waals surface area (Å²) in [4.78, 5) is 39.6. The van der Waals surface area contributed by atoms with E-state index in [0.29, 0.717) is 13.1 Å². The van der Waals surface area contributed by atoms with Gasteiger partial charge in [0.05, 0.1) is 6.20 Å². The van der Waals surface area contributed by atoms with E-state index in [0.717, 1.165) is 29.7 Å². The number of nitrogens with zero attached hydrogens (tertiary/aromatic N) is 3. The van der Waals surface area contributed by atoms with Crippen LogP contribution >= 0.6 is 0 Å². The summed E-state index contributed by atoms with van der Waals surface area (Å²) >= 11 is 0. The Kier molecular flexibility index (Phi) is 5.11. The third-order valence-electron chi connectivity index (χ3n) is 5.21. The highest BCUT2D eigenvalue weighted by atomic mass is 19.1. The van der Waals surface area contributed by atoms with E-state index in [2.05, 4.69) is 15.2 Å². The van der Waals surface area contributed by atoms with Crippen molar-refractivity contribution in [3.8, 4) is 11.1 Å². The summed E-state index contributed by atoms with van der Waals surface area (Å²) in [6, 6.07) is 7.44. The molecule has 1 aromatic carbocycles. The van der Waals surface area contributed by atoms with E-state index in [1.807, 2.05) is 0 Å². The van der Waals surface area contributed by atoms with Gasteiger partial charge in [-0.15, -0.1) is 0 Å². The van der Waals surface area contributed by atoms with Crippen molar-refractivity contribution in [3.63, 3.8) is 0 Å². The van der Waals surface area contributed by atoms with Gasteiger partial charge < -0.3 is 4.90 Å². The van der Waals surface area contributed by atoms with Crippen LogP contribution in [0.1, 0.15) is 24.5 Å². The molecule has 8 nitrogen and oxygen atoms in total. The molecule has 2 N–H and O–H groups in total. The summed E-state index contributed by atoms with van der Waals surface area (Å²) < 4.78 is 14.4. The fourth-order valence-corrected chi connectivity index (χ4v) is 3.72. The number of hydrogen-bond acceptors (Lipinski definition) is 4. The SMILES string of the molecule is O=C(Cn1ccc(=O)[nH]c1=O)N1CCC[C@H](c2[nH]ncc2-c2ccc(F)cc2)C1. The van der Waals surface area contributed by atoms with E-state index in [1.165, 1.54) is 29.0 Å². The molecule has 1 aliphatic heterocycles. The number of carbonyl (C=O) groups is 1. The zero-order chi connectivity index (χ0) is 20.4. The predicted molar refractivity (Wildman–Crippen MR) is 104 cm³/mol. The van der Waals surface area contributed by atoms with Gasteiger partial charge >= 0.3 is 5.69 Å². The summed E-state index contributed by atoms with van der Waals surface area (Å²) in [5.41, 5.74) is 1.56. The minimum atomic E-state index is -0.605. The molecule has 0 radical (unpaired) electrons. The van der Waals surface area contributed by atoms with Gasteiger partial charge in [-0.05, 0) is 30.5 Å². The van der Waals surface area contributed by atoms with Crippen molar-refractivity contribution < 1.29 is 9.18 Å². The Morgan fingerprint density at radius 3 is 2.76 bits per heavy atom. The average Bonchev–Trinajstić information content (AvgIpc) is 3.20. The molecule has 1 saturated heterocycles. The molecule has 1 atom stereocenters. The van der Waals surface area contributed by atoms with E-state index in [1.54, 1.807) is 23.2 Å². The molecule has 0 saturated carbocycles. The molecule has 150 valence electrons. The number of piperidine rings is 1. The van der Waals surface area contributed by atoms with E-state index in [-0.39, 0.29) is 24.2 Å². The maximum absolute atomic E-state index is 13.2. The van der Waals surface area contributed by atoms with Crippen molar-refractivity contribution in [2.75, 3.05) is 13.1 Å². The first-order chi connectivity index (χ1) is 14.0. The number of halogens is 1. The minimum Gasteiger partial charge on any atom is -0.340 e. The Morgan fingerprint density at radius 2 is 2.00 bits per heavy atom. The number of rotatable bonds is 4.